The molecule has 0 fully saturated rings. The van der Waals surface area contributed by atoms with Crippen molar-refractivity contribution >= 4 is 32.8 Å². The first-order valence-electron chi connectivity index (χ1n) is 11.9. The molecule has 0 aliphatic heterocycles. The van der Waals surface area contributed by atoms with Crippen molar-refractivity contribution < 1.29 is 4.42 Å². The molecule has 0 radical (unpaired) electrons. The molecule has 0 atom stereocenters. The molecule has 0 saturated heterocycles. The maximum atomic E-state index is 10.1. The summed E-state index contributed by atoms with van der Waals surface area (Å²) in [4.78, 5) is 0. The van der Waals surface area contributed by atoms with Gasteiger partial charge in [0.25, 0.3) is 0 Å². The molecule has 162 valence electrons. The predicted octanol–water partition coefficient (Wildman–Crippen LogP) is 7.95. The van der Waals surface area contributed by atoms with Crippen LogP contribution < -0.4 is 0 Å². The Morgan fingerprint density at radius 2 is 1.47 bits per heavy atom. The van der Waals surface area contributed by atoms with E-state index in [9.17, 15) is 5.26 Å². The second-order valence-electron chi connectivity index (χ2n) is 9.10. The zero-order valence-corrected chi connectivity index (χ0v) is 18.7. The Balaban J connectivity index is 1.56. The Hall–Kier alpha value is -4.29. The predicted molar refractivity (Wildman–Crippen MR) is 137 cm³/mol. The van der Waals surface area contributed by atoms with Crippen LogP contribution in [-0.2, 0) is 12.8 Å². The number of furan rings is 1. The minimum absolute atomic E-state index is 0.677. The van der Waals surface area contributed by atoms with Crippen LogP contribution in [0.3, 0.4) is 0 Å². The zero-order chi connectivity index (χ0) is 22.6. The first-order chi connectivity index (χ1) is 16.8. The molecule has 0 bridgehead atoms. The lowest BCUT2D eigenvalue weighted by molar-refractivity contribution is 0.506. The van der Waals surface area contributed by atoms with Gasteiger partial charge >= 0.3 is 0 Å². The maximum Gasteiger partial charge on any atom is 0.134 e. The van der Waals surface area contributed by atoms with E-state index in [0.29, 0.717) is 5.56 Å². The van der Waals surface area contributed by atoms with E-state index in [-0.39, 0.29) is 0 Å². The topological polar surface area (TPSA) is 41.9 Å². The van der Waals surface area contributed by atoms with Gasteiger partial charge in [0.05, 0.1) is 28.4 Å². The minimum atomic E-state index is 0.677. The van der Waals surface area contributed by atoms with Crippen molar-refractivity contribution in [2.45, 2.75) is 25.7 Å². The molecule has 0 spiro atoms. The number of benzene rings is 4. The van der Waals surface area contributed by atoms with Crippen LogP contribution in [0.4, 0.5) is 0 Å². The number of nitriles is 1. The third-order valence-electron chi connectivity index (χ3n) is 7.23. The normalized spacial score (nSPS) is 13.4. The first-order valence-corrected chi connectivity index (χ1v) is 11.9. The fraction of sp³-hybridized carbons (Fsp3) is 0.129. The molecule has 0 saturated carbocycles. The summed E-state index contributed by atoms with van der Waals surface area (Å²) in [6, 6.07) is 31.9. The van der Waals surface area contributed by atoms with Crippen LogP contribution >= 0.6 is 0 Å². The lowest BCUT2D eigenvalue weighted by Gasteiger charge is -2.16. The lowest BCUT2D eigenvalue weighted by atomic mass is 9.93. The molecule has 2 aromatic heterocycles. The Morgan fingerprint density at radius 1 is 0.735 bits per heavy atom. The summed E-state index contributed by atoms with van der Waals surface area (Å²) < 4.78 is 8.49. The van der Waals surface area contributed by atoms with Crippen LogP contribution in [0.5, 0.6) is 0 Å². The fourth-order valence-electron chi connectivity index (χ4n) is 5.72. The van der Waals surface area contributed by atoms with Crippen LogP contribution in [0.25, 0.3) is 49.6 Å². The standard InChI is InChI=1S/C31H22N2O/c32-19-21-8-7-14-28(33-26-12-4-1-9-22(26)23-10-2-5-13-27(23)33)31(21)20-16-17-30-25(18-20)24-11-3-6-15-29(24)34-30/h1-2,4-5,7-10,12-14,16-18H,3,6,11,15H2. The molecular formula is C31H22N2O. The van der Waals surface area contributed by atoms with Gasteiger partial charge in [0.1, 0.15) is 11.3 Å². The molecule has 7 rings (SSSR count). The number of fused-ring (bicyclic) bond motifs is 6. The lowest BCUT2D eigenvalue weighted by Crippen LogP contribution is -2.00. The van der Waals surface area contributed by atoms with Crippen molar-refractivity contribution in [1.29, 1.82) is 5.26 Å². The van der Waals surface area contributed by atoms with Crippen molar-refractivity contribution in [2.24, 2.45) is 0 Å². The van der Waals surface area contributed by atoms with E-state index in [1.165, 1.54) is 34.6 Å². The quantitative estimate of drug-likeness (QED) is 0.275. The summed E-state index contributed by atoms with van der Waals surface area (Å²) >= 11 is 0. The largest absolute Gasteiger partial charge is 0.461 e. The van der Waals surface area contributed by atoms with E-state index >= 15 is 0 Å². The number of hydrogen-bond acceptors (Lipinski definition) is 2. The Bertz CT molecular complexity index is 1720. The molecule has 0 amide bonds. The van der Waals surface area contributed by atoms with Crippen molar-refractivity contribution in [2.75, 3.05) is 0 Å². The summed E-state index contributed by atoms with van der Waals surface area (Å²) in [6.45, 7) is 0. The molecule has 4 aromatic carbocycles. The van der Waals surface area contributed by atoms with Crippen LogP contribution in [0.1, 0.15) is 29.7 Å². The van der Waals surface area contributed by atoms with E-state index in [2.05, 4.69) is 83.4 Å². The summed E-state index contributed by atoms with van der Waals surface area (Å²) in [5.41, 5.74) is 8.28. The van der Waals surface area contributed by atoms with Crippen molar-refractivity contribution in [3.8, 4) is 22.9 Å². The number of para-hydroxylation sites is 2. The van der Waals surface area contributed by atoms with Crippen molar-refractivity contribution in [1.82, 2.24) is 4.57 Å². The average molecular weight is 439 g/mol. The van der Waals surface area contributed by atoms with E-state index in [4.69, 9.17) is 4.42 Å². The molecule has 1 aliphatic carbocycles. The molecule has 34 heavy (non-hydrogen) atoms. The van der Waals surface area contributed by atoms with Crippen LogP contribution in [0, 0.1) is 11.3 Å². The van der Waals surface area contributed by atoms with Gasteiger partial charge in [-0.25, -0.2) is 0 Å². The second kappa shape index (κ2) is 7.37. The third-order valence-corrected chi connectivity index (χ3v) is 7.23. The molecule has 6 aromatic rings. The molecule has 0 N–H and O–H groups in total. The summed E-state index contributed by atoms with van der Waals surface area (Å²) in [6.07, 6.45) is 4.47. The minimum Gasteiger partial charge on any atom is -0.461 e. The molecule has 3 nitrogen and oxygen atoms in total. The van der Waals surface area contributed by atoms with Gasteiger partial charge in [-0.3, -0.25) is 0 Å². The third kappa shape index (κ3) is 2.69. The number of aromatic nitrogens is 1. The highest BCUT2D eigenvalue weighted by atomic mass is 16.3. The van der Waals surface area contributed by atoms with Gasteiger partial charge in [0.2, 0.25) is 0 Å². The van der Waals surface area contributed by atoms with E-state index in [0.717, 1.165) is 52.0 Å². The van der Waals surface area contributed by atoms with Crippen LogP contribution in [-0.4, -0.2) is 4.57 Å². The van der Waals surface area contributed by atoms with Gasteiger partial charge < -0.3 is 8.98 Å². The first kappa shape index (κ1) is 19.2. The molecule has 1 aliphatic rings. The zero-order valence-electron chi connectivity index (χ0n) is 18.7. The number of nitrogens with zero attached hydrogens (tertiary/aromatic N) is 2. The monoisotopic (exact) mass is 438 g/mol. The van der Waals surface area contributed by atoms with Gasteiger partial charge in [0, 0.05) is 33.7 Å². The van der Waals surface area contributed by atoms with Gasteiger partial charge in [-0.05, 0) is 61.2 Å². The highest BCUT2D eigenvalue weighted by Gasteiger charge is 2.21. The second-order valence-corrected chi connectivity index (χ2v) is 9.10. The Kier molecular flexibility index (Phi) is 4.16. The Morgan fingerprint density at radius 3 is 2.24 bits per heavy atom. The highest BCUT2D eigenvalue weighted by Crippen LogP contribution is 2.40. The maximum absolute atomic E-state index is 10.1. The van der Waals surface area contributed by atoms with Gasteiger partial charge in [-0.2, -0.15) is 5.26 Å². The van der Waals surface area contributed by atoms with Crippen LogP contribution in [0.15, 0.2) is 89.3 Å². The van der Waals surface area contributed by atoms with Gasteiger partial charge in [-0.1, -0.05) is 48.5 Å². The number of hydrogen-bond donors (Lipinski definition) is 0. The van der Waals surface area contributed by atoms with E-state index in [1.807, 2.05) is 12.1 Å². The van der Waals surface area contributed by atoms with Gasteiger partial charge in [-0.15, -0.1) is 0 Å². The highest BCUT2D eigenvalue weighted by molar-refractivity contribution is 6.10. The summed E-state index contributed by atoms with van der Waals surface area (Å²) in [5, 5.41) is 13.7. The molecule has 2 heterocycles. The average Bonchev–Trinajstić information content (AvgIpc) is 3.43. The number of aryl methyl sites for hydroxylation is 2. The molecule has 3 heteroatoms. The van der Waals surface area contributed by atoms with Gasteiger partial charge in [0.15, 0.2) is 0 Å². The molecular weight excluding hydrogens is 416 g/mol. The SMILES string of the molecule is N#Cc1cccc(-n2c3ccccc3c3ccccc32)c1-c1ccc2oc3c(c2c1)CCCC3. The summed E-state index contributed by atoms with van der Waals surface area (Å²) in [5.74, 6) is 1.13. The fourth-order valence-corrected chi connectivity index (χ4v) is 5.72. The summed E-state index contributed by atoms with van der Waals surface area (Å²) in [7, 11) is 0. The smallest absolute Gasteiger partial charge is 0.134 e. The molecule has 0 unspecified atom stereocenters. The van der Waals surface area contributed by atoms with Crippen LogP contribution in [0.2, 0.25) is 0 Å². The van der Waals surface area contributed by atoms with E-state index < -0.39 is 0 Å². The van der Waals surface area contributed by atoms with Crippen molar-refractivity contribution in [3.63, 3.8) is 0 Å². The Labute approximate surface area is 197 Å². The van der Waals surface area contributed by atoms with E-state index in [1.54, 1.807) is 0 Å². The van der Waals surface area contributed by atoms with Crippen molar-refractivity contribution in [3.05, 3.63) is 102 Å². The number of rotatable bonds is 2.